The Kier molecular flexibility index (Phi) is 6.87. The number of aryl methyl sites for hydroxylation is 2. The van der Waals surface area contributed by atoms with Crippen molar-refractivity contribution in [3.63, 3.8) is 0 Å². The van der Waals surface area contributed by atoms with Crippen molar-refractivity contribution >= 4 is 29.3 Å². The number of allylic oxidation sites excluding steroid dienone is 2. The summed E-state index contributed by atoms with van der Waals surface area (Å²) >= 11 is 0. The molecule has 0 aromatic heterocycles. The van der Waals surface area contributed by atoms with Gasteiger partial charge in [-0.2, -0.15) is 0 Å². The first-order chi connectivity index (χ1) is 20.3. The van der Waals surface area contributed by atoms with Crippen LogP contribution in [0.25, 0.3) is 11.1 Å². The van der Waals surface area contributed by atoms with Crippen molar-refractivity contribution in [3.8, 4) is 11.1 Å². The van der Waals surface area contributed by atoms with Gasteiger partial charge in [0.2, 0.25) is 23.6 Å². The number of rotatable bonds is 7. The summed E-state index contributed by atoms with van der Waals surface area (Å²) in [5.74, 6) is -4.20. The number of anilines is 1. The minimum absolute atomic E-state index is 0.141. The molecule has 2 heterocycles. The van der Waals surface area contributed by atoms with E-state index in [0.29, 0.717) is 12.1 Å². The first-order valence-corrected chi connectivity index (χ1v) is 16.0. The lowest BCUT2D eigenvalue weighted by atomic mass is 9.54. The highest BCUT2D eigenvalue weighted by Gasteiger charge is 2.69. The van der Waals surface area contributed by atoms with Gasteiger partial charge in [-0.05, 0) is 92.3 Å². The molecular weight excluding hydrogens is 536 g/mol. The largest absolute Gasteiger partial charge is 0.276 e. The Morgan fingerprint density at radius 3 is 1.53 bits per heavy atom. The summed E-state index contributed by atoms with van der Waals surface area (Å²) in [5.41, 5.74) is 5.83. The highest BCUT2D eigenvalue weighted by molar-refractivity contribution is 6.23. The number of imide groups is 2. The van der Waals surface area contributed by atoms with Gasteiger partial charge in [0, 0.05) is 17.4 Å². The van der Waals surface area contributed by atoms with Crippen molar-refractivity contribution in [1.29, 1.82) is 0 Å². The van der Waals surface area contributed by atoms with E-state index in [0.717, 1.165) is 29.5 Å². The van der Waals surface area contributed by atoms with Crippen LogP contribution in [-0.4, -0.2) is 34.1 Å². The van der Waals surface area contributed by atoms with E-state index in [9.17, 15) is 19.2 Å². The summed E-state index contributed by atoms with van der Waals surface area (Å²) in [4.78, 5) is 58.2. The average Bonchev–Trinajstić information content (AvgIpc) is 3.44. The third kappa shape index (κ3) is 4.04. The molecule has 2 bridgehead atoms. The molecule has 2 saturated heterocycles. The molecule has 1 saturated carbocycles. The quantitative estimate of drug-likeness (QED) is 0.268. The molecule has 3 fully saturated rings. The van der Waals surface area contributed by atoms with Gasteiger partial charge in [0.1, 0.15) is 0 Å². The Balaban J connectivity index is 1.31. The monoisotopic (exact) mass is 580 g/mol. The van der Waals surface area contributed by atoms with E-state index in [-0.39, 0.29) is 29.0 Å². The molecule has 7 rings (SSSR count). The van der Waals surface area contributed by atoms with Crippen LogP contribution in [0, 0.1) is 49.4 Å². The fourth-order valence-corrected chi connectivity index (χ4v) is 8.32. The maximum absolute atomic E-state index is 14.0. The Morgan fingerprint density at radius 2 is 1.09 bits per heavy atom. The Labute approximate surface area is 255 Å². The molecule has 226 valence electrons. The molecule has 6 heteroatoms. The van der Waals surface area contributed by atoms with Gasteiger partial charge >= 0.3 is 0 Å². The zero-order valence-electron chi connectivity index (χ0n) is 26.7. The Bertz CT molecular complexity index is 1530. The highest BCUT2D eigenvalue weighted by atomic mass is 16.2. The molecule has 43 heavy (non-hydrogen) atoms. The smallest absolute Gasteiger partial charge is 0.238 e. The molecule has 5 aliphatic rings. The van der Waals surface area contributed by atoms with E-state index in [1.165, 1.54) is 20.9 Å². The molecular formula is C37H44N2O4. The SMILES string of the molecule is CCC(C)(CC)c1ccc(-c2ccc(N3C(=O)C4C5C=CC(C4C3=O)C3C(=O)N(C(C)(C)CC)C(=O)C53)cc2C)c(C)c1. The molecule has 0 N–H and O–H groups in total. The van der Waals surface area contributed by atoms with E-state index < -0.39 is 41.0 Å². The summed E-state index contributed by atoms with van der Waals surface area (Å²) in [7, 11) is 0. The standard InChI is InChI=1S/C37H44N2O4/c1-9-36(6,7)39-34(42)30-26-16-17-27(31(30)35(39)43)29-28(26)32(40)38(33(29)41)23-13-15-25(21(5)19-23)24-14-12-22(18-20(24)4)37(8,10-2)11-3/h12-19,26-31H,9-11H2,1-8H3. The van der Waals surface area contributed by atoms with Crippen LogP contribution in [0.4, 0.5) is 5.69 Å². The predicted octanol–water partition coefficient (Wildman–Crippen LogP) is 6.76. The lowest BCUT2D eigenvalue weighted by Gasteiger charge is -2.44. The first kappa shape index (κ1) is 29.5. The van der Waals surface area contributed by atoms with Crippen molar-refractivity contribution < 1.29 is 19.2 Å². The van der Waals surface area contributed by atoms with E-state index in [4.69, 9.17) is 0 Å². The van der Waals surface area contributed by atoms with Gasteiger partial charge in [-0.15, -0.1) is 0 Å². The van der Waals surface area contributed by atoms with E-state index in [1.807, 2.05) is 58.0 Å². The Morgan fingerprint density at radius 1 is 0.628 bits per heavy atom. The maximum atomic E-state index is 14.0. The van der Waals surface area contributed by atoms with Gasteiger partial charge in [-0.3, -0.25) is 29.0 Å². The van der Waals surface area contributed by atoms with E-state index >= 15 is 0 Å². The second-order valence-corrected chi connectivity index (χ2v) is 14.1. The fourth-order valence-electron chi connectivity index (χ4n) is 8.32. The summed E-state index contributed by atoms with van der Waals surface area (Å²) in [6.07, 6.45) is 6.65. The number of carbonyl (C=O) groups excluding carboxylic acids is 4. The third-order valence-corrected chi connectivity index (χ3v) is 11.7. The molecule has 6 nitrogen and oxygen atoms in total. The van der Waals surface area contributed by atoms with Crippen LogP contribution in [0.2, 0.25) is 0 Å². The number of hydrogen-bond acceptors (Lipinski definition) is 4. The van der Waals surface area contributed by atoms with Crippen LogP contribution in [-0.2, 0) is 24.6 Å². The number of nitrogens with zero attached hydrogens (tertiary/aromatic N) is 2. The number of likely N-dealkylation sites (tertiary alicyclic amines) is 1. The molecule has 2 aromatic carbocycles. The van der Waals surface area contributed by atoms with Crippen molar-refractivity contribution in [2.45, 2.75) is 85.6 Å². The van der Waals surface area contributed by atoms with Crippen LogP contribution in [0.15, 0.2) is 48.6 Å². The summed E-state index contributed by atoms with van der Waals surface area (Å²) in [6.45, 7) is 16.7. The molecule has 6 unspecified atom stereocenters. The molecule has 2 aromatic rings. The second kappa shape index (κ2) is 10.0. The summed E-state index contributed by atoms with van der Waals surface area (Å²) < 4.78 is 0. The van der Waals surface area contributed by atoms with Crippen molar-refractivity contribution in [2.75, 3.05) is 4.90 Å². The lowest BCUT2D eigenvalue weighted by molar-refractivity contribution is -0.146. The van der Waals surface area contributed by atoms with Gasteiger partial charge < -0.3 is 0 Å². The third-order valence-electron chi connectivity index (χ3n) is 11.7. The van der Waals surface area contributed by atoms with Crippen molar-refractivity contribution in [1.82, 2.24) is 4.90 Å². The number of amides is 4. The van der Waals surface area contributed by atoms with Gasteiger partial charge in [0.25, 0.3) is 0 Å². The van der Waals surface area contributed by atoms with Crippen LogP contribution in [0.1, 0.15) is 77.5 Å². The average molecular weight is 581 g/mol. The molecule has 3 aliphatic carbocycles. The fraction of sp³-hybridized carbons (Fsp3) is 0.514. The number of carbonyl (C=O) groups is 4. The zero-order valence-corrected chi connectivity index (χ0v) is 26.7. The number of benzene rings is 2. The molecule has 6 atom stereocenters. The zero-order chi connectivity index (χ0) is 31.2. The summed E-state index contributed by atoms with van der Waals surface area (Å²) in [5, 5.41) is 0. The van der Waals surface area contributed by atoms with Crippen molar-refractivity contribution in [3.05, 3.63) is 65.2 Å². The lowest BCUT2D eigenvalue weighted by Crippen LogP contribution is -2.50. The molecule has 4 amide bonds. The maximum Gasteiger partial charge on any atom is 0.238 e. The predicted molar refractivity (Wildman–Crippen MR) is 168 cm³/mol. The van der Waals surface area contributed by atoms with Gasteiger partial charge in [-0.25, -0.2) is 0 Å². The number of hydrogen-bond donors (Lipinski definition) is 0. The van der Waals surface area contributed by atoms with Gasteiger partial charge in [-0.1, -0.05) is 64.1 Å². The van der Waals surface area contributed by atoms with Crippen LogP contribution >= 0.6 is 0 Å². The van der Waals surface area contributed by atoms with Crippen molar-refractivity contribution in [2.24, 2.45) is 35.5 Å². The van der Waals surface area contributed by atoms with Gasteiger partial charge in [0.05, 0.1) is 29.4 Å². The normalized spacial score (nSPS) is 28.3. The Hall–Kier alpha value is -3.54. The van der Waals surface area contributed by atoms with Crippen LogP contribution in [0.5, 0.6) is 0 Å². The molecule has 2 aliphatic heterocycles. The highest BCUT2D eigenvalue weighted by Crippen LogP contribution is 2.59. The minimum Gasteiger partial charge on any atom is -0.276 e. The first-order valence-electron chi connectivity index (χ1n) is 16.0. The van der Waals surface area contributed by atoms with Crippen LogP contribution < -0.4 is 4.90 Å². The summed E-state index contributed by atoms with van der Waals surface area (Å²) in [6, 6.07) is 12.5. The van der Waals surface area contributed by atoms with Gasteiger partial charge in [0.15, 0.2) is 0 Å². The minimum atomic E-state index is -0.619. The van der Waals surface area contributed by atoms with Crippen LogP contribution in [0.3, 0.4) is 0 Å². The second-order valence-electron chi connectivity index (χ2n) is 14.1. The topological polar surface area (TPSA) is 74.8 Å². The molecule has 0 radical (unpaired) electrons. The van der Waals surface area contributed by atoms with E-state index in [1.54, 1.807) is 0 Å². The van der Waals surface area contributed by atoms with E-state index in [2.05, 4.69) is 45.9 Å². The molecule has 0 spiro atoms.